The highest BCUT2D eigenvalue weighted by atomic mass is 35.5. The molecular weight excluding hydrogens is 340 g/mol. The molecule has 25 heavy (non-hydrogen) atoms. The number of rotatable bonds is 4. The van der Waals surface area contributed by atoms with E-state index in [-0.39, 0.29) is 5.91 Å². The van der Waals surface area contributed by atoms with E-state index in [1.807, 2.05) is 6.07 Å². The molecule has 2 N–H and O–H groups in total. The molecule has 0 spiro atoms. The van der Waals surface area contributed by atoms with E-state index >= 15 is 0 Å². The number of anilines is 1. The third-order valence-corrected chi connectivity index (χ3v) is 3.38. The molecule has 1 atom stereocenters. The Bertz CT molecular complexity index is 742. The van der Waals surface area contributed by atoms with Crippen molar-refractivity contribution in [3.05, 3.63) is 65.2 Å². The highest BCUT2D eigenvalue weighted by Crippen LogP contribution is 2.19. The lowest BCUT2D eigenvalue weighted by molar-refractivity contribution is -0.118. The van der Waals surface area contributed by atoms with Gasteiger partial charge in [-0.1, -0.05) is 48.0 Å². The van der Waals surface area contributed by atoms with E-state index in [4.69, 9.17) is 16.3 Å². The van der Waals surface area contributed by atoms with Crippen molar-refractivity contribution in [2.75, 3.05) is 5.32 Å². The Labute approximate surface area is 152 Å². The largest absolute Gasteiger partial charge is 0.444 e. The lowest BCUT2D eigenvalue weighted by Crippen LogP contribution is -2.40. The number of carbonyl (C=O) groups is 2. The molecule has 0 heterocycles. The van der Waals surface area contributed by atoms with Crippen LogP contribution in [0.5, 0.6) is 0 Å². The number of alkyl carbamates (subject to hydrolysis) is 1. The number of amides is 2. The van der Waals surface area contributed by atoms with Gasteiger partial charge in [-0.2, -0.15) is 0 Å². The van der Waals surface area contributed by atoms with Gasteiger partial charge in [-0.3, -0.25) is 4.79 Å². The van der Waals surface area contributed by atoms with Crippen molar-refractivity contribution >= 4 is 29.3 Å². The summed E-state index contributed by atoms with van der Waals surface area (Å²) in [7, 11) is 0. The average molecular weight is 361 g/mol. The van der Waals surface area contributed by atoms with Crippen LogP contribution in [-0.4, -0.2) is 17.6 Å². The molecule has 0 bridgehead atoms. The molecule has 0 aliphatic heterocycles. The van der Waals surface area contributed by atoms with E-state index in [0.29, 0.717) is 16.3 Å². The highest BCUT2D eigenvalue weighted by molar-refractivity contribution is 6.30. The second-order valence-electron chi connectivity index (χ2n) is 6.49. The fourth-order valence-corrected chi connectivity index (χ4v) is 2.34. The number of benzene rings is 2. The molecule has 0 saturated heterocycles. The molecule has 6 heteroatoms. The minimum atomic E-state index is -0.893. The van der Waals surface area contributed by atoms with Gasteiger partial charge in [-0.15, -0.1) is 0 Å². The van der Waals surface area contributed by atoms with Crippen LogP contribution >= 0.6 is 11.6 Å². The first-order valence-electron chi connectivity index (χ1n) is 7.85. The van der Waals surface area contributed by atoms with Crippen molar-refractivity contribution in [3.8, 4) is 0 Å². The number of hydrogen-bond donors (Lipinski definition) is 2. The zero-order chi connectivity index (χ0) is 18.4. The Morgan fingerprint density at radius 1 is 1.04 bits per heavy atom. The number of nitrogens with one attached hydrogen (secondary N) is 2. The molecule has 0 aromatic heterocycles. The van der Waals surface area contributed by atoms with Crippen LogP contribution in [0.15, 0.2) is 54.6 Å². The molecular formula is C19H21ClN2O3. The lowest BCUT2D eigenvalue weighted by atomic mass is 10.1. The van der Waals surface area contributed by atoms with Gasteiger partial charge in [0.15, 0.2) is 0 Å². The third-order valence-electron chi connectivity index (χ3n) is 3.15. The monoisotopic (exact) mass is 360 g/mol. The van der Waals surface area contributed by atoms with Crippen molar-refractivity contribution in [1.82, 2.24) is 5.32 Å². The number of ether oxygens (including phenoxy) is 1. The fourth-order valence-electron chi connectivity index (χ4n) is 2.15. The van der Waals surface area contributed by atoms with Gasteiger partial charge < -0.3 is 15.4 Å². The summed E-state index contributed by atoms with van der Waals surface area (Å²) in [5, 5.41) is 5.88. The summed E-state index contributed by atoms with van der Waals surface area (Å²) in [5.41, 5.74) is 0.534. The quantitative estimate of drug-likeness (QED) is 0.840. The summed E-state index contributed by atoms with van der Waals surface area (Å²) in [4.78, 5) is 24.8. The van der Waals surface area contributed by atoms with Gasteiger partial charge in [0.05, 0.1) is 0 Å². The Hall–Kier alpha value is -2.53. The van der Waals surface area contributed by atoms with Gasteiger partial charge in [0.2, 0.25) is 0 Å². The topological polar surface area (TPSA) is 67.4 Å². The van der Waals surface area contributed by atoms with E-state index in [0.717, 1.165) is 0 Å². The average Bonchev–Trinajstić information content (AvgIpc) is 2.51. The first-order chi connectivity index (χ1) is 11.7. The van der Waals surface area contributed by atoms with Crippen molar-refractivity contribution < 1.29 is 14.3 Å². The van der Waals surface area contributed by atoms with Crippen molar-refractivity contribution in [1.29, 1.82) is 0 Å². The van der Waals surface area contributed by atoms with Crippen molar-refractivity contribution in [2.45, 2.75) is 32.4 Å². The van der Waals surface area contributed by atoms with Gasteiger partial charge in [-0.25, -0.2) is 4.79 Å². The molecule has 2 amide bonds. The second-order valence-corrected chi connectivity index (χ2v) is 6.93. The smallest absolute Gasteiger partial charge is 0.408 e. The van der Waals surface area contributed by atoms with Gasteiger partial charge in [0, 0.05) is 10.7 Å². The molecule has 0 aliphatic rings. The van der Waals surface area contributed by atoms with Crippen LogP contribution in [0.2, 0.25) is 5.02 Å². The maximum atomic E-state index is 12.7. The molecule has 5 nitrogen and oxygen atoms in total. The van der Waals surface area contributed by atoms with Gasteiger partial charge in [0.25, 0.3) is 5.91 Å². The zero-order valence-corrected chi connectivity index (χ0v) is 15.1. The Morgan fingerprint density at radius 3 is 2.32 bits per heavy atom. The van der Waals surface area contributed by atoms with Gasteiger partial charge >= 0.3 is 6.09 Å². The Kier molecular flexibility index (Phi) is 6.04. The lowest BCUT2D eigenvalue weighted by Gasteiger charge is -2.23. The first kappa shape index (κ1) is 18.8. The summed E-state index contributed by atoms with van der Waals surface area (Å²) < 4.78 is 5.26. The molecule has 0 aliphatic carbocycles. The molecule has 132 valence electrons. The number of halogens is 1. The van der Waals surface area contributed by atoms with Crippen LogP contribution in [0.3, 0.4) is 0 Å². The van der Waals surface area contributed by atoms with E-state index in [1.54, 1.807) is 69.3 Å². The maximum absolute atomic E-state index is 12.7. The maximum Gasteiger partial charge on any atom is 0.408 e. The first-order valence-corrected chi connectivity index (χ1v) is 8.23. The molecule has 2 rings (SSSR count). The van der Waals surface area contributed by atoms with Crippen LogP contribution in [0.4, 0.5) is 10.5 Å². The van der Waals surface area contributed by atoms with Crippen LogP contribution in [0.25, 0.3) is 0 Å². The summed E-state index contributed by atoms with van der Waals surface area (Å²) in [6, 6.07) is 14.9. The Balaban J connectivity index is 2.19. The molecule has 0 saturated carbocycles. The fraction of sp³-hybridized carbons (Fsp3) is 0.263. The summed E-state index contributed by atoms with van der Waals surface area (Å²) in [5.74, 6) is -0.390. The van der Waals surface area contributed by atoms with Crippen LogP contribution in [-0.2, 0) is 9.53 Å². The second kappa shape index (κ2) is 8.03. The number of carbonyl (C=O) groups excluding carboxylic acids is 2. The SMILES string of the molecule is CC(C)(C)OC(=O)N[C@H](C(=O)Nc1cccc(Cl)c1)c1ccccc1. The van der Waals surface area contributed by atoms with Gasteiger partial charge in [-0.05, 0) is 44.5 Å². The standard InChI is InChI=1S/C19H21ClN2O3/c1-19(2,3)25-18(24)22-16(13-8-5-4-6-9-13)17(23)21-15-11-7-10-14(20)12-15/h4-12,16H,1-3H3,(H,21,23)(H,22,24)/t16-/m0/s1. The van der Waals surface area contributed by atoms with Crippen molar-refractivity contribution in [2.24, 2.45) is 0 Å². The zero-order valence-electron chi connectivity index (χ0n) is 14.4. The predicted octanol–water partition coefficient (Wildman–Crippen LogP) is 4.54. The molecule has 0 radical (unpaired) electrons. The van der Waals surface area contributed by atoms with Gasteiger partial charge in [0.1, 0.15) is 11.6 Å². The van der Waals surface area contributed by atoms with Crippen LogP contribution in [0, 0.1) is 0 Å². The van der Waals surface area contributed by atoms with E-state index in [1.165, 1.54) is 0 Å². The molecule has 0 unspecified atom stereocenters. The molecule has 2 aromatic rings. The minimum absolute atomic E-state index is 0.390. The minimum Gasteiger partial charge on any atom is -0.444 e. The van der Waals surface area contributed by atoms with Crippen LogP contribution < -0.4 is 10.6 Å². The molecule has 2 aromatic carbocycles. The summed E-state index contributed by atoms with van der Waals surface area (Å²) in [6.45, 7) is 5.28. The molecule has 0 fully saturated rings. The predicted molar refractivity (Wildman–Crippen MR) is 98.6 cm³/mol. The Morgan fingerprint density at radius 2 is 1.72 bits per heavy atom. The van der Waals surface area contributed by atoms with E-state index in [9.17, 15) is 9.59 Å². The highest BCUT2D eigenvalue weighted by Gasteiger charge is 2.25. The van der Waals surface area contributed by atoms with E-state index < -0.39 is 17.7 Å². The van der Waals surface area contributed by atoms with E-state index in [2.05, 4.69) is 10.6 Å². The number of hydrogen-bond acceptors (Lipinski definition) is 3. The van der Waals surface area contributed by atoms with Crippen LogP contribution in [0.1, 0.15) is 32.4 Å². The third kappa shape index (κ3) is 6.12. The summed E-state index contributed by atoms with van der Waals surface area (Å²) >= 11 is 5.94. The van der Waals surface area contributed by atoms with Crippen molar-refractivity contribution in [3.63, 3.8) is 0 Å². The normalized spacial score (nSPS) is 12.2. The summed E-state index contributed by atoms with van der Waals surface area (Å²) in [6.07, 6.45) is -0.664.